The first kappa shape index (κ1) is 11.0. The van der Waals surface area contributed by atoms with Crippen molar-refractivity contribution in [2.75, 3.05) is 13.1 Å². The Morgan fingerprint density at radius 1 is 1.23 bits per heavy atom. The van der Waals surface area contributed by atoms with E-state index in [-0.39, 0.29) is 0 Å². The lowest BCUT2D eigenvalue weighted by Gasteiger charge is -2.26. The molecule has 0 saturated carbocycles. The summed E-state index contributed by atoms with van der Waals surface area (Å²) >= 11 is 0. The number of unbranched alkanes of at least 4 members (excludes halogenated alkanes) is 2. The average Bonchev–Trinajstić information content (AvgIpc) is 2.32. The number of hydrogen-bond acceptors (Lipinski definition) is 2. The summed E-state index contributed by atoms with van der Waals surface area (Å²) < 4.78 is 0. The predicted octanol–water partition coefficient (Wildman–Crippen LogP) is 2.34. The molecule has 0 spiro atoms. The lowest BCUT2D eigenvalue weighted by Crippen LogP contribution is -2.41. The van der Waals surface area contributed by atoms with Gasteiger partial charge < -0.3 is 5.73 Å². The van der Waals surface area contributed by atoms with Gasteiger partial charge in [-0.25, -0.2) is 0 Å². The molecule has 1 fully saturated rings. The molecule has 2 N–H and O–H groups in total. The summed E-state index contributed by atoms with van der Waals surface area (Å²) in [6, 6.07) is 0. The van der Waals surface area contributed by atoms with Gasteiger partial charge in [0.25, 0.3) is 0 Å². The zero-order chi connectivity index (χ0) is 9.52. The van der Waals surface area contributed by atoms with Crippen LogP contribution in [-0.2, 0) is 0 Å². The van der Waals surface area contributed by atoms with Crippen molar-refractivity contribution in [3.8, 4) is 0 Å². The highest BCUT2D eigenvalue weighted by Gasteiger charge is 2.15. The lowest BCUT2D eigenvalue weighted by atomic mass is 10.2. The van der Waals surface area contributed by atoms with Crippen molar-refractivity contribution < 1.29 is 0 Å². The largest absolute Gasteiger partial charge is 0.316 e. The third-order valence-electron chi connectivity index (χ3n) is 2.96. The van der Waals surface area contributed by atoms with Crippen molar-refractivity contribution in [2.24, 2.45) is 5.73 Å². The Kier molecular flexibility index (Phi) is 5.40. The second kappa shape index (κ2) is 6.39. The van der Waals surface area contributed by atoms with E-state index in [1.807, 2.05) is 0 Å². The van der Waals surface area contributed by atoms with E-state index in [1.54, 1.807) is 0 Å². The lowest BCUT2D eigenvalue weighted by molar-refractivity contribution is 0.200. The van der Waals surface area contributed by atoms with Crippen molar-refractivity contribution in [1.82, 2.24) is 4.90 Å². The predicted molar refractivity (Wildman–Crippen MR) is 57.5 cm³/mol. The van der Waals surface area contributed by atoms with Gasteiger partial charge in [-0.3, -0.25) is 4.90 Å². The molecule has 0 aromatic rings. The first-order valence-corrected chi connectivity index (χ1v) is 5.84. The van der Waals surface area contributed by atoms with E-state index in [2.05, 4.69) is 11.8 Å². The third-order valence-corrected chi connectivity index (χ3v) is 2.96. The van der Waals surface area contributed by atoms with Gasteiger partial charge in [0.2, 0.25) is 0 Å². The van der Waals surface area contributed by atoms with Crippen molar-refractivity contribution in [2.45, 2.75) is 58.0 Å². The Morgan fingerprint density at radius 3 is 2.85 bits per heavy atom. The number of likely N-dealkylation sites (tertiary alicyclic amines) is 1. The van der Waals surface area contributed by atoms with Gasteiger partial charge in [0.15, 0.2) is 0 Å². The number of nitrogens with two attached hydrogens (primary N) is 1. The number of rotatable bonds is 4. The molecule has 1 unspecified atom stereocenters. The second-order valence-corrected chi connectivity index (χ2v) is 4.16. The minimum Gasteiger partial charge on any atom is -0.316 e. The van der Waals surface area contributed by atoms with Crippen LogP contribution in [0.5, 0.6) is 0 Å². The molecule has 0 amide bonds. The fraction of sp³-hybridized carbons (Fsp3) is 1.00. The quantitative estimate of drug-likeness (QED) is 0.679. The molecule has 78 valence electrons. The summed E-state index contributed by atoms with van der Waals surface area (Å²) in [5.74, 6) is 0. The zero-order valence-electron chi connectivity index (χ0n) is 8.97. The van der Waals surface area contributed by atoms with E-state index in [0.29, 0.717) is 6.17 Å². The van der Waals surface area contributed by atoms with E-state index >= 15 is 0 Å². The molecule has 1 rings (SSSR count). The normalized spacial score (nSPS) is 25.8. The molecule has 0 aromatic heterocycles. The van der Waals surface area contributed by atoms with E-state index in [9.17, 15) is 0 Å². The fourth-order valence-corrected chi connectivity index (χ4v) is 2.04. The first-order valence-electron chi connectivity index (χ1n) is 5.84. The van der Waals surface area contributed by atoms with Crippen molar-refractivity contribution in [1.29, 1.82) is 0 Å². The fourth-order valence-electron chi connectivity index (χ4n) is 2.04. The van der Waals surface area contributed by atoms with Gasteiger partial charge in [-0.2, -0.15) is 0 Å². The molecule has 0 aliphatic carbocycles. The number of nitrogens with zero attached hydrogens (tertiary/aromatic N) is 1. The van der Waals surface area contributed by atoms with Crippen LogP contribution in [0.2, 0.25) is 0 Å². The van der Waals surface area contributed by atoms with Crippen molar-refractivity contribution >= 4 is 0 Å². The molecule has 1 atom stereocenters. The van der Waals surface area contributed by atoms with Gasteiger partial charge in [0.1, 0.15) is 0 Å². The Bertz CT molecular complexity index is 125. The van der Waals surface area contributed by atoms with Gasteiger partial charge in [0.05, 0.1) is 6.17 Å². The highest BCUT2D eigenvalue weighted by atomic mass is 15.2. The summed E-state index contributed by atoms with van der Waals surface area (Å²) in [7, 11) is 0. The maximum Gasteiger partial charge on any atom is 0.0571 e. The molecule has 13 heavy (non-hydrogen) atoms. The van der Waals surface area contributed by atoms with Crippen molar-refractivity contribution in [3.63, 3.8) is 0 Å². The molecule has 2 heteroatoms. The van der Waals surface area contributed by atoms with Crippen LogP contribution in [0, 0.1) is 0 Å². The molecule has 0 radical (unpaired) electrons. The highest BCUT2D eigenvalue weighted by Crippen LogP contribution is 2.14. The standard InChI is InChI=1S/C11H24N2/c1-2-3-6-9-13-10-7-4-5-8-11(13)12/h11H,2-10,12H2,1H3. The Morgan fingerprint density at radius 2 is 2.08 bits per heavy atom. The van der Waals surface area contributed by atoms with Gasteiger partial charge in [0, 0.05) is 0 Å². The summed E-state index contributed by atoms with van der Waals surface area (Å²) in [6.07, 6.45) is 9.57. The van der Waals surface area contributed by atoms with Crippen LogP contribution in [-0.4, -0.2) is 24.2 Å². The molecule has 0 aromatic carbocycles. The monoisotopic (exact) mass is 184 g/mol. The minimum absolute atomic E-state index is 0.347. The second-order valence-electron chi connectivity index (χ2n) is 4.16. The van der Waals surface area contributed by atoms with Gasteiger partial charge >= 0.3 is 0 Å². The van der Waals surface area contributed by atoms with Crippen LogP contribution < -0.4 is 5.73 Å². The summed E-state index contributed by atoms with van der Waals surface area (Å²) in [5, 5.41) is 0. The summed E-state index contributed by atoms with van der Waals surface area (Å²) in [6.45, 7) is 4.70. The van der Waals surface area contributed by atoms with Crippen LogP contribution in [0.15, 0.2) is 0 Å². The Hall–Kier alpha value is -0.0800. The molecular weight excluding hydrogens is 160 g/mol. The van der Waals surface area contributed by atoms with E-state index < -0.39 is 0 Å². The van der Waals surface area contributed by atoms with E-state index in [4.69, 9.17) is 5.73 Å². The maximum atomic E-state index is 6.09. The van der Waals surface area contributed by atoms with Crippen LogP contribution in [0.3, 0.4) is 0 Å². The Labute approximate surface area is 82.5 Å². The van der Waals surface area contributed by atoms with Gasteiger partial charge in [-0.05, 0) is 32.4 Å². The van der Waals surface area contributed by atoms with Crippen molar-refractivity contribution in [3.05, 3.63) is 0 Å². The van der Waals surface area contributed by atoms with Gasteiger partial charge in [-0.15, -0.1) is 0 Å². The van der Waals surface area contributed by atoms with Crippen LogP contribution in [0.25, 0.3) is 0 Å². The zero-order valence-corrected chi connectivity index (χ0v) is 8.97. The van der Waals surface area contributed by atoms with Crippen LogP contribution in [0.4, 0.5) is 0 Å². The SMILES string of the molecule is CCCCCN1CCCCCC1N. The number of hydrogen-bond donors (Lipinski definition) is 1. The minimum atomic E-state index is 0.347. The van der Waals surface area contributed by atoms with Crippen LogP contribution in [0.1, 0.15) is 51.9 Å². The Balaban J connectivity index is 2.19. The molecule has 1 aliphatic rings. The first-order chi connectivity index (χ1) is 6.34. The molecule has 0 bridgehead atoms. The van der Waals surface area contributed by atoms with E-state index in [1.165, 1.54) is 58.0 Å². The summed E-state index contributed by atoms with van der Waals surface area (Å²) in [4.78, 5) is 2.47. The highest BCUT2D eigenvalue weighted by molar-refractivity contribution is 4.70. The topological polar surface area (TPSA) is 29.3 Å². The maximum absolute atomic E-state index is 6.09. The molecule has 2 nitrogen and oxygen atoms in total. The smallest absolute Gasteiger partial charge is 0.0571 e. The molecular formula is C11H24N2. The molecule has 1 aliphatic heterocycles. The van der Waals surface area contributed by atoms with E-state index in [0.717, 1.165) is 0 Å². The average molecular weight is 184 g/mol. The molecule has 1 saturated heterocycles. The van der Waals surface area contributed by atoms with Gasteiger partial charge in [-0.1, -0.05) is 32.6 Å². The molecule has 1 heterocycles. The summed E-state index contributed by atoms with van der Waals surface area (Å²) in [5.41, 5.74) is 6.09. The van der Waals surface area contributed by atoms with Crippen LogP contribution >= 0.6 is 0 Å². The third kappa shape index (κ3) is 4.10.